The SMILES string of the molecule is CCc1cccc(Oc2ccc(S(N)(=O)=O)c(N)c2)c1. The highest BCUT2D eigenvalue weighted by atomic mass is 32.2. The van der Waals surface area contributed by atoms with Crippen LogP contribution in [0.5, 0.6) is 11.5 Å². The third kappa shape index (κ3) is 3.28. The average Bonchev–Trinajstić information content (AvgIpc) is 2.37. The van der Waals surface area contributed by atoms with Crippen molar-refractivity contribution in [3.63, 3.8) is 0 Å². The van der Waals surface area contributed by atoms with Crippen LogP contribution in [0.1, 0.15) is 12.5 Å². The molecule has 0 saturated heterocycles. The molecule has 6 heteroatoms. The topological polar surface area (TPSA) is 95.4 Å². The Hall–Kier alpha value is -2.05. The van der Waals surface area contributed by atoms with E-state index in [4.69, 9.17) is 15.6 Å². The Morgan fingerprint density at radius 1 is 1.10 bits per heavy atom. The van der Waals surface area contributed by atoms with Gasteiger partial charge in [0.15, 0.2) is 0 Å². The van der Waals surface area contributed by atoms with Crippen molar-refractivity contribution in [3.8, 4) is 11.5 Å². The summed E-state index contributed by atoms with van der Waals surface area (Å²) in [5, 5.41) is 5.05. The number of nitrogen functional groups attached to an aromatic ring is 1. The lowest BCUT2D eigenvalue weighted by Crippen LogP contribution is -2.14. The van der Waals surface area contributed by atoms with Crippen molar-refractivity contribution in [2.24, 2.45) is 5.14 Å². The number of aryl methyl sites for hydroxylation is 1. The largest absolute Gasteiger partial charge is 0.457 e. The van der Waals surface area contributed by atoms with Crippen LogP contribution in [0.4, 0.5) is 5.69 Å². The zero-order chi connectivity index (χ0) is 14.8. The molecule has 0 aliphatic carbocycles. The van der Waals surface area contributed by atoms with E-state index in [-0.39, 0.29) is 10.6 Å². The lowest BCUT2D eigenvalue weighted by atomic mass is 10.2. The second-order valence-electron chi connectivity index (χ2n) is 4.35. The van der Waals surface area contributed by atoms with Crippen LogP contribution in [0.15, 0.2) is 47.4 Å². The summed E-state index contributed by atoms with van der Waals surface area (Å²) in [5.74, 6) is 1.13. The zero-order valence-corrected chi connectivity index (χ0v) is 11.9. The first-order valence-electron chi connectivity index (χ1n) is 6.09. The average molecular weight is 292 g/mol. The number of hydrogen-bond donors (Lipinski definition) is 2. The van der Waals surface area contributed by atoms with Crippen LogP contribution in [0, 0.1) is 0 Å². The minimum absolute atomic E-state index is 0.0663. The highest BCUT2D eigenvalue weighted by molar-refractivity contribution is 7.89. The predicted molar refractivity (Wildman–Crippen MR) is 78.1 cm³/mol. The molecule has 0 radical (unpaired) electrons. The van der Waals surface area contributed by atoms with E-state index in [0.29, 0.717) is 11.5 Å². The monoisotopic (exact) mass is 292 g/mol. The molecule has 2 aromatic rings. The quantitative estimate of drug-likeness (QED) is 0.845. The molecule has 0 unspecified atom stereocenters. The van der Waals surface area contributed by atoms with Crippen molar-refractivity contribution in [1.29, 1.82) is 0 Å². The molecular formula is C14H16N2O3S. The molecule has 0 saturated carbocycles. The van der Waals surface area contributed by atoms with Crippen molar-refractivity contribution in [3.05, 3.63) is 48.0 Å². The van der Waals surface area contributed by atoms with Gasteiger partial charge in [0.2, 0.25) is 10.0 Å². The van der Waals surface area contributed by atoms with Gasteiger partial charge in [-0.25, -0.2) is 13.6 Å². The van der Waals surface area contributed by atoms with Gasteiger partial charge in [0.1, 0.15) is 16.4 Å². The van der Waals surface area contributed by atoms with E-state index >= 15 is 0 Å². The molecular weight excluding hydrogens is 276 g/mol. The molecule has 106 valence electrons. The number of ether oxygens (including phenoxy) is 1. The number of anilines is 1. The lowest BCUT2D eigenvalue weighted by molar-refractivity contribution is 0.482. The van der Waals surface area contributed by atoms with Gasteiger partial charge in [-0.2, -0.15) is 0 Å². The van der Waals surface area contributed by atoms with Gasteiger partial charge in [-0.3, -0.25) is 0 Å². The maximum Gasteiger partial charge on any atom is 0.240 e. The third-order valence-electron chi connectivity index (χ3n) is 2.83. The fraction of sp³-hybridized carbons (Fsp3) is 0.143. The number of rotatable bonds is 4. The molecule has 5 nitrogen and oxygen atoms in total. The van der Waals surface area contributed by atoms with E-state index in [1.165, 1.54) is 18.2 Å². The van der Waals surface area contributed by atoms with Gasteiger partial charge in [0.05, 0.1) is 5.69 Å². The Morgan fingerprint density at radius 2 is 1.80 bits per heavy atom. The zero-order valence-electron chi connectivity index (χ0n) is 11.0. The number of primary sulfonamides is 1. The second kappa shape index (κ2) is 5.52. The molecule has 0 amide bonds. The maximum atomic E-state index is 11.3. The standard InChI is InChI=1S/C14H16N2O3S/c1-2-10-4-3-5-11(8-10)19-12-6-7-14(13(15)9-12)20(16,17)18/h3-9H,2,15H2,1H3,(H2,16,17,18). The fourth-order valence-electron chi connectivity index (χ4n) is 1.81. The highest BCUT2D eigenvalue weighted by Crippen LogP contribution is 2.27. The summed E-state index contributed by atoms with van der Waals surface area (Å²) in [7, 11) is -3.81. The molecule has 4 N–H and O–H groups in total. The van der Waals surface area contributed by atoms with Gasteiger partial charge >= 0.3 is 0 Å². The number of hydrogen-bond acceptors (Lipinski definition) is 4. The lowest BCUT2D eigenvalue weighted by Gasteiger charge is -2.09. The van der Waals surface area contributed by atoms with E-state index in [1.807, 2.05) is 24.3 Å². The van der Waals surface area contributed by atoms with E-state index in [2.05, 4.69) is 6.92 Å². The smallest absolute Gasteiger partial charge is 0.240 e. The molecule has 20 heavy (non-hydrogen) atoms. The Kier molecular flexibility index (Phi) is 3.96. The summed E-state index contributed by atoms with van der Waals surface area (Å²) >= 11 is 0. The van der Waals surface area contributed by atoms with Crippen LogP contribution >= 0.6 is 0 Å². The second-order valence-corrected chi connectivity index (χ2v) is 5.88. The minimum atomic E-state index is -3.81. The van der Waals surface area contributed by atoms with Crippen molar-refractivity contribution in [1.82, 2.24) is 0 Å². The van der Waals surface area contributed by atoms with Crippen molar-refractivity contribution in [2.45, 2.75) is 18.2 Å². The van der Waals surface area contributed by atoms with E-state index < -0.39 is 10.0 Å². The first kappa shape index (κ1) is 14.4. The van der Waals surface area contributed by atoms with Crippen LogP contribution in [0.25, 0.3) is 0 Å². The van der Waals surface area contributed by atoms with Crippen LogP contribution in [-0.2, 0) is 16.4 Å². The Bertz CT molecular complexity index is 727. The van der Waals surface area contributed by atoms with E-state index in [1.54, 1.807) is 0 Å². The van der Waals surface area contributed by atoms with Crippen LogP contribution < -0.4 is 15.6 Å². The summed E-state index contributed by atoms with van der Waals surface area (Å²) in [4.78, 5) is -0.104. The molecule has 0 atom stereocenters. The molecule has 2 aromatic carbocycles. The first-order valence-corrected chi connectivity index (χ1v) is 7.64. The van der Waals surface area contributed by atoms with Gasteiger partial charge in [-0.15, -0.1) is 0 Å². The number of sulfonamides is 1. The summed E-state index contributed by atoms with van der Waals surface area (Å²) in [6.07, 6.45) is 0.906. The van der Waals surface area contributed by atoms with Crippen molar-refractivity contribution in [2.75, 3.05) is 5.73 Å². The summed E-state index contributed by atoms with van der Waals surface area (Å²) < 4.78 is 28.2. The Labute approximate surface area is 118 Å². The summed E-state index contributed by atoms with van der Waals surface area (Å²) in [6.45, 7) is 2.05. The third-order valence-corrected chi connectivity index (χ3v) is 3.82. The van der Waals surface area contributed by atoms with E-state index in [0.717, 1.165) is 12.0 Å². The normalized spacial score (nSPS) is 11.3. The molecule has 0 aromatic heterocycles. The molecule has 0 aliphatic rings. The van der Waals surface area contributed by atoms with Gasteiger partial charge in [0, 0.05) is 6.07 Å². The van der Waals surface area contributed by atoms with Crippen LogP contribution in [0.3, 0.4) is 0 Å². The van der Waals surface area contributed by atoms with Crippen LogP contribution in [-0.4, -0.2) is 8.42 Å². The Balaban J connectivity index is 2.29. The highest BCUT2D eigenvalue weighted by Gasteiger charge is 2.12. The first-order chi connectivity index (χ1) is 9.40. The predicted octanol–water partition coefficient (Wildman–Crippen LogP) is 2.27. The summed E-state index contributed by atoms with van der Waals surface area (Å²) in [6, 6.07) is 11.9. The molecule has 0 heterocycles. The Morgan fingerprint density at radius 3 is 2.40 bits per heavy atom. The molecule has 0 fully saturated rings. The molecule has 0 spiro atoms. The minimum Gasteiger partial charge on any atom is -0.457 e. The molecule has 0 aliphatic heterocycles. The van der Waals surface area contributed by atoms with Gasteiger partial charge in [-0.05, 0) is 36.2 Å². The van der Waals surface area contributed by atoms with Crippen molar-refractivity contribution >= 4 is 15.7 Å². The van der Waals surface area contributed by atoms with Crippen LogP contribution in [0.2, 0.25) is 0 Å². The molecule has 2 rings (SSSR count). The number of benzene rings is 2. The van der Waals surface area contributed by atoms with Gasteiger partial charge < -0.3 is 10.5 Å². The van der Waals surface area contributed by atoms with Gasteiger partial charge in [0.25, 0.3) is 0 Å². The number of nitrogens with two attached hydrogens (primary N) is 2. The molecule has 0 bridgehead atoms. The summed E-state index contributed by atoms with van der Waals surface area (Å²) in [5.41, 5.74) is 6.89. The van der Waals surface area contributed by atoms with Crippen molar-refractivity contribution < 1.29 is 13.2 Å². The maximum absolute atomic E-state index is 11.3. The fourth-order valence-corrected chi connectivity index (χ4v) is 2.46. The van der Waals surface area contributed by atoms with Gasteiger partial charge in [-0.1, -0.05) is 19.1 Å². The van der Waals surface area contributed by atoms with E-state index in [9.17, 15) is 8.42 Å².